The maximum atomic E-state index is 5.34. The van der Waals surface area contributed by atoms with Crippen molar-refractivity contribution in [2.24, 2.45) is 4.99 Å². The Balaban J connectivity index is 0.00000324. The number of rotatable bonds is 9. The Kier molecular flexibility index (Phi) is 10.1. The molecular formula is C25H34IN7O. The third-order valence-electron chi connectivity index (χ3n) is 6.03. The molecule has 1 atom stereocenters. The van der Waals surface area contributed by atoms with Crippen LogP contribution < -0.4 is 15.4 Å². The molecule has 182 valence electrons. The maximum Gasteiger partial charge on any atom is 0.191 e. The molecule has 0 radical (unpaired) electrons. The number of aromatic nitrogens is 3. The van der Waals surface area contributed by atoms with Gasteiger partial charge >= 0.3 is 0 Å². The summed E-state index contributed by atoms with van der Waals surface area (Å²) in [6.07, 6.45) is 5.80. The van der Waals surface area contributed by atoms with Gasteiger partial charge in [0.05, 0.1) is 19.7 Å². The number of benzene rings is 2. The van der Waals surface area contributed by atoms with E-state index >= 15 is 0 Å². The van der Waals surface area contributed by atoms with Gasteiger partial charge in [-0.05, 0) is 54.8 Å². The molecule has 0 bridgehead atoms. The van der Waals surface area contributed by atoms with Crippen LogP contribution in [0, 0.1) is 0 Å². The number of hydrogen-bond donors (Lipinski definition) is 2. The van der Waals surface area contributed by atoms with Crippen molar-refractivity contribution in [3.8, 4) is 5.75 Å². The van der Waals surface area contributed by atoms with Gasteiger partial charge in [-0.3, -0.25) is 9.89 Å². The Morgan fingerprint density at radius 3 is 2.53 bits per heavy atom. The van der Waals surface area contributed by atoms with Crippen LogP contribution in [0.3, 0.4) is 0 Å². The molecule has 9 heteroatoms. The monoisotopic (exact) mass is 575 g/mol. The summed E-state index contributed by atoms with van der Waals surface area (Å²) in [5.41, 5.74) is 3.68. The minimum Gasteiger partial charge on any atom is -0.497 e. The van der Waals surface area contributed by atoms with Crippen LogP contribution in [0.15, 0.2) is 66.2 Å². The average molecular weight is 575 g/mol. The van der Waals surface area contributed by atoms with Crippen molar-refractivity contribution in [3.63, 3.8) is 0 Å². The summed E-state index contributed by atoms with van der Waals surface area (Å²) < 4.78 is 7.16. The Morgan fingerprint density at radius 1 is 1.09 bits per heavy atom. The predicted octanol–water partition coefficient (Wildman–Crippen LogP) is 3.46. The first-order chi connectivity index (χ1) is 16.2. The van der Waals surface area contributed by atoms with Gasteiger partial charge in [-0.2, -0.15) is 5.10 Å². The van der Waals surface area contributed by atoms with E-state index in [1.165, 1.54) is 29.5 Å². The van der Waals surface area contributed by atoms with Crippen molar-refractivity contribution in [3.05, 3.63) is 77.9 Å². The lowest BCUT2D eigenvalue weighted by molar-refractivity contribution is 0.245. The smallest absolute Gasteiger partial charge is 0.191 e. The number of halogens is 1. The van der Waals surface area contributed by atoms with E-state index in [0.29, 0.717) is 19.1 Å². The predicted molar refractivity (Wildman–Crippen MR) is 146 cm³/mol. The molecule has 0 aliphatic carbocycles. The molecule has 3 aromatic rings. The number of aliphatic imine (C=N–C) groups is 1. The largest absolute Gasteiger partial charge is 0.497 e. The molecule has 2 aromatic carbocycles. The number of nitrogens with one attached hydrogen (secondary N) is 2. The van der Waals surface area contributed by atoms with E-state index in [1.807, 2.05) is 23.9 Å². The number of nitrogens with zero attached hydrogens (tertiary/aromatic N) is 5. The molecule has 2 N–H and O–H groups in total. The number of hydrogen-bond acceptors (Lipinski definition) is 5. The van der Waals surface area contributed by atoms with Crippen molar-refractivity contribution in [1.29, 1.82) is 0 Å². The molecule has 1 aliphatic heterocycles. The van der Waals surface area contributed by atoms with Crippen LogP contribution in [0.2, 0.25) is 0 Å². The van der Waals surface area contributed by atoms with Gasteiger partial charge in [0, 0.05) is 20.1 Å². The van der Waals surface area contributed by atoms with E-state index in [2.05, 4.69) is 67.0 Å². The third kappa shape index (κ3) is 7.17. The summed E-state index contributed by atoms with van der Waals surface area (Å²) in [4.78, 5) is 11.0. The zero-order chi connectivity index (χ0) is 22.9. The number of ether oxygens (including phenoxy) is 1. The average Bonchev–Trinajstić information content (AvgIpc) is 3.57. The molecule has 1 aromatic heterocycles. The van der Waals surface area contributed by atoms with E-state index in [4.69, 9.17) is 4.74 Å². The highest BCUT2D eigenvalue weighted by atomic mass is 127. The molecule has 34 heavy (non-hydrogen) atoms. The molecule has 1 saturated heterocycles. The van der Waals surface area contributed by atoms with Crippen molar-refractivity contribution >= 4 is 29.9 Å². The summed E-state index contributed by atoms with van der Waals surface area (Å²) in [7, 11) is 3.52. The van der Waals surface area contributed by atoms with Gasteiger partial charge < -0.3 is 15.4 Å². The molecule has 1 aliphatic rings. The van der Waals surface area contributed by atoms with E-state index < -0.39 is 0 Å². The van der Waals surface area contributed by atoms with Crippen molar-refractivity contribution in [1.82, 2.24) is 30.3 Å². The van der Waals surface area contributed by atoms with Crippen LogP contribution in [0.5, 0.6) is 5.75 Å². The molecule has 1 unspecified atom stereocenters. The van der Waals surface area contributed by atoms with Crippen LogP contribution in [0.25, 0.3) is 0 Å². The normalized spacial score (nSPS) is 14.9. The topological polar surface area (TPSA) is 79.6 Å². The summed E-state index contributed by atoms with van der Waals surface area (Å²) in [6, 6.07) is 17.2. The van der Waals surface area contributed by atoms with Gasteiger partial charge in [0.25, 0.3) is 0 Å². The van der Waals surface area contributed by atoms with Gasteiger partial charge in [0.1, 0.15) is 18.4 Å². The first kappa shape index (κ1) is 26.0. The first-order valence-electron chi connectivity index (χ1n) is 11.5. The molecule has 0 spiro atoms. The van der Waals surface area contributed by atoms with Crippen LogP contribution in [-0.2, 0) is 13.1 Å². The minimum atomic E-state index is 0. The fraction of sp³-hybridized carbons (Fsp3) is 0.400. The van der Waals surface area contributed by atoms with Crippen molar-refractivity contribution in [2.75, 3.05) is 33.8 Å². The summed E-state index contributed by atoms with van der Waals surface area (Å²) in [5.74, 6) is 1.68. The first-order valence-corrected chi connectivity index (χ1v) is 11.5. The lowest BCUT2D eigenvalue weighted by Crippen LogP contribution is -2.42. The van der Waals surface area contributed by atoms with Gasteiger partial charge in [0.2, 0.25) is 0 Å². The quantitative estimate of drug-likeness (QED) is 0.231. The van der Waals surface area contributed by atoms with Gasteiger partial charge in [-0.15, -0.1) is 24.0 Å². The van der Waals surface area contributed by atoms with E-state index in [9.17, 15) is 0 Å². The zero-order valence-corrected chi connectivity index (χ0v) is 22.2. The van der Waals surface area contributed by atoms with Crippen LogP contribution in [0.4, 0.5) is 0 Å². The maximum absolute atomic E-state index is 5.34. The Hall–Kier alpha value is -2.66. The van der Waals surface area contributed by atoms with Crippen molar-refractivity contribution in [2.45, 2.75) is 32.0 Å². The van der Waals surface area contributed by atoms with E-state index in [-0.39, 0.29) is 24.0 Å². The molecule has 2 heterocycles. The van der Waals surface area contributed by atoms with E-state index in [1.54, 1.807) is 19.8 Å². The molecule has 1 fully saturated rings. The third-order valence-corrected chi connectivity index (χ3v) is 6.03. The lowest BCUT2D eigenvalue weighted by atomic mass is 10.1. The molecular weight excluding hydrogens is 541 g/mol. The van der Waals surface area contributed by atoms with E-state index in [0.717, 1.165) is 31.3 Å². The second-order valence-corrected chi connectivity index (χ2v) is 8.25. The summed E-state index contributed by atoms with van der Waals surface area (Å²) in [5, 5.41) is 11.2. The highest BCUT2D eigenvalue weighted by molar-refractivity contribution is 14.0. The van der Waals surface area contributed by atoms with Gasteiger partial charge in [-0.1, -0.05) is 36.4 Å². The van der Waals surface area contributed by atoms with Gasteiger partial charge in [0.15, 0.2) is 5.96 Å². The second-order valence-electron chi connectivity index (χ2n) is 8.25. The van der Waals surface area contributed by atoms with Crippen molar-refractivity contribution < 1.29 is 4.74 Å². The lowest BCUT2D eigenvalue weighted by Gasteiger charge is -2.29. The fourth-order valence-electron chi connectivity index (χ4n) is 4.28. The summed E-state index contributed by atoms with van der Waals surface area (Å²) in [6.45, 7) is 4.45. The van der Waals surface area contributed by atoms with Crippen LogP contribution in [-0.4, -0.2) is 59.4 Å². The SMILES string of the molecule is CN=C(NCc1cccc(Cn2cncn2)c1)NCC(c1ccc(OC)cc1)N1CCCC1.I. The number of methoxy groups -OCH3 is 1. The Labute approximate surface area is 218 Å². The zero-order valence-electron chi connectivity index (χ0n) is 19.9. The number of guanidine groups is 1. The van der Waals surface area contributed by atoms with Crippen LogP contribution in [0.1, 0.15) is 35.6 Å². The van der Waals surface area contributed by atoms with Gasteiger partial charge in [-0.25, -0.2) is 9.67 Å². The van der Waals surface area contributed by atoms with Crippen LogP contribution >= 0.6 is 24.0 Å². The molecule has 4 rings (SSSR count). The second kappa shape index (κ2) is 13.3. The molecule has 0 saturated carbocycles. The standard InChI is InChI=1S/C25H33N7O.HI/c1-26-25(28-15-20-6-5-7-21(14-20)17-32-19-27-18-30-32)29-16-24(31-12-3-4-13-31)22-8-10-23(33-2)11-9-22;/h5-11,14,18-19,24H,3-4,12-13,15-17H2,1-2H3,(H2,26,28,29);1H. The Bertz CT molecular complexity index is 1020. The Morgan fingerprint density at radius 2 is 1.85 bits per heavy atom. The molecule has 8 nitrogen and oxygen atoms in total. The molecule has 0 amide bonds. The fourth-order valence-corrected chi connectivity index (χ4v) is 4.28. The highest BCUT2D eigenvalue weighted by Gasteiger charge is 2.23. The highest BCUT2D eigenvalue weighted by Crippen LogP contribution is 2.26. The summed E-state index contributed by atoms with van der Waals surface area (Å²) >= 11 is 0. The number of likely N-dealkylation sites (tertiary alicyclic amines) is 1. The minimum absolute atomic E-state index is 0.